The van der Waals surface area contributed by atoms with Crippen LogP contribution in [-0.2, 0) is 6.54 Å². The van der Waals surface area contributed by atoms with E-state index in [1.165, 1.54) is 12.0 Å². The van der Waals surface area contributed by atoms with Gasteiger partial charge in [0.2, 0.25) is 0 Å². The molecular weight excluding hydrogens is 424 g/mol. The molecule has 0 bridgehead atoms. The molecule has 3 N–H and O–H groups in total. The second kappa shape index (κ2) is 10.9. The fourth-order valence-corrected chi connectivity index (χ4v) is 4.19. The van der Waals surface area contributed by atoms with Crippen molar-refractivity contribution in [1.82, 2.24) is 5.32 Å². The van der Waals surface area contributed by atoms with Crippen LogP contribution in [0.4, 0.5) is 21.9 Å². The molecule has 0 spiro atoms. The highest BCUT2D eigenvalue weighted by Gasteiger charge is 2.20. The molecule has 0 radical (unpaired) electrons. The van der Waals surface area contributed by atoms with Gasteiger partial charge >= 0.3 is 6.03 Å². The SMILES string of the molecule is Cc1ccc(NC(=O)Nc2ccc(N3CCCCC3)c(C(=O)NCc3ccccc3)c2)cc1C. The first kappa shape index (κ1) is 23.4. The van der Waals surface area contributed by atoms with Gasteiger partial charge in [0.1, 0.15) is 0 Å². The van der Waals surface area contributed by atoms with Gasteiger partial charge in [-0.2, -0.15) is 0 Å². The van der Waals surface area contributed by atoms with Gasteiger partial charge in [-0.15, -0.1) is 0 Å². The van der Waals surface area contributed by atoms with E-state index < -0.39 is 0 Å². The lowest BCUT2D eigenvalue weighted by Crippen LogP contribution is -2.33. The highest BCUT2D eigenvalue weighted by molar-refractivity contribution is 6.04. The normalized spacial score (nSPS) is 13.3. The van der Waals surface area contributed by atoms with Gasteiger partial charge in [0.15, 0.2) is 0 Å². The Hall–Kier alpha value is -3.80. The van der Waals surface area contributed by atoms with Gasteiger partial charge in [0, 0.05) is 36.7 Å². The lowest BCUT2D eigenvalue weighted by atomic mass is 10.1. The van der Waals surface area contributed by atoms with Crippen LogP contribution in [0.25, 0.3) is 0 Å². The van der Waals surface area contributed by atoms with Crippen molar-refractivity contribution in [2.45, 2.75) is 39.7 Å². The van der Waals surface area contributed by atoms with E-state index in [-0.39, 0.29) is 11.9 Å². The number of hydrogen-bond acceptors (Lipinski definition) is 3. The average Bonchev–Trinajstić information content (AvgIpc) is 2.86. The summed E-state index contributed by atoms with van der Waals surface area (Å²) >= 11 is 0. The first-order chi connectivity index (χ1) is 16.5. The quantitative estimate of drug-likeness (QED) is 0.434. The third-order valence-electron chi connectivity index (χ3n) is 6.26. The van der Waals surface area contributed by atoms with E-state index in [2.05, 4.69) is 20.9 Å². The fourth-order valence-electron chi connectivity index (χ4n) is 4.19. The highest BCUT2D eigenvalue weighted by atomic mass is 16.2. The third kappa shape index (κ3) is 5.95. The molecule has 0 unspecified atom stereocenters. The summed E-state index contributed by atoms with van der Waals surface area (Å²) in [6.45, 7) is 6.35. The topological polar surface area (TPSA) is 73.5 Å². The zero-order valence-electron chi connectivity index (χ0n) is 19.9. The Balaban J connectivity index is 1.51. The molecule has 1 aliphatic rings. The maximum atomic E-state index is 13.2. The molecule has 0 aromatic heterocycles. The summed E-state index contributed by atoms with van der Waals surface area (Å²) in [5, 5.41) is 8.78. The number of nitrogens with one attached hydrogen (secondary N) is 3. The van der Waals surface area contributed by atoms with Crippen LogP contribution in [0.5, 0.6) is 0 Å². The van der Waals surface area contributed by atoms with Crippen molar-refractivity contribution in [2.24, 2.45) is 0 Å². The number of carbonyl (C=O) groups excluding carboxylic acids is 2. The monoisotopic (exact) mass is 456 g/mol. The third-order valence-corrected chi connectivity index (χ3v) is 6.26. The fraction of sp³-hybridized carbons (Fsp3) is 0.286. The van der Waals surface area contributed by atoms with E-state index in [4.69, 9.17) is 0 Å². The van der Waals surface area contributed by atoms with Gasteiger partial charge in [0.05, 0.1) is 5.56 Å². The molecule has 1 heterocycles. The molecule has 176 valence electrons. The van der Waals surface area contributed by atoms with E-state index in [0.717, 1.165) is 48.4 Å². The molecular formula is C28H32N4O2. The lowest BCUT2D eigenvalue weighted by Gasteiger charge is -2.30. The van der Waals surface area contributed by atoms with Crippen LogP contribution in [-0.4, -0.2) is 25.0 Å². The average molecular weight is 457 g/mol. The Bertz CT molecular complexity index is 1150. The minimum Gasteiger partial charge on any atom is -0.371 e. The predicted octanol–water partition coefficient (Wildman–Crippen LogP) is 5.87. The minimum absolute atomic E-state index is 0.150. The zero-order chi connectivity index (χ0) is 23.9. The number of piperidine rings is 1. The summed E-state index contributed by atoms with van der Waals surface area (Å²) in [6.07, 6.45) is 3.44. The summed E-state index contributed by atoms with van der Waals surface area (Å²) in [4.78, 5) is 28.1. The highest BCUT2D eigenvalue weighted by Crippen LogP contribution is 2.27. The molecule has 34 heavy (non-hydrogen) atoms. The van der Waals surface area contributed by atoms with Crippen molar-refractivity contribution >= 4 is 29.0 Å². The number of carbonyl (C=O) groups is 2. The summed E-state index contributed by atoms with van der Waals surface area (Å²) < 4.78 is 0. The molecule has 0 aliphatic carbocycles. The Morgan fingerprint density at radius 3 is 2.18 bits per heavy atom. The van der Waals surface area contributed by atoms with Crippen molar-refractivity contribution in [1.29, 1.82) is 0 Å². The Morgan fingerprint density at radius 1 is 0.794 bits per heavy atom. The smallest absolute Gasteiger partial charge is 0.323 e. The number of rotatable bonds is 6. The standard InChI is InChI=1S/C28H32N4O2/c1-20-11-12-23(17-21(20)2)30-28(34)31-24-13-14-26(32-15-7-4-8-16-32)25(18-24)27(33)29-19-22-9-5-3-6-10-22/h3,5-6,9-14,17-18H,4,7-8,15-16,19H2,1-2H3,(H,29,33)(H2,30,31,34). The molecule has 6 heteroatoms. The molecule has 3 aromatic carbocycles. The Labute approximate surface area is 201 Å². The van der Waals surface area contributed by atoms with E-state index in [1.54, 1.807) is 6.07 Å². The van der Waals surface area contributed by atoms with Gasteiger partial charge in [0.25, 0.3) is 5.91 Å². The van der Waals surface area contributed by atoms with Gasteiger partial charge < -0.3 is 20.9 Å². The molecule has 1 fully saturated rings. The van der Waals surface area contributed by atoms with E-state index in [0.29, 0.717) is 17.8 Å². The number of benzene rings is 3. The lowest BCUT2D eigenvalue weighted by molar-refractivity contribution is 0.0951. The molecule has 3 amide bonds. The summed E-state index contributed by atoms with van der Waals surface area (Å²) in [5.74, 6) is -0.150. The first-order valence-electron chi connectivity index (χ1n) is 11.9. The van der Waals surface area contributed by atoms with Crippen molar-refractivity contribution < 1.29 is 9.59 Å². The second-order valence-corrected chi connectivity index (χ2v) is 8.83. The molecule has 1 aliphatic heterocycles. The minimum atomic E-state index is -0.343. The van der Waals surface area contributed by atoms with Gasteiger partial charge in [-0.05, 0) is 80.1 Å². The van der Waals surface area contributed by atoms with Crippen LogP contribution in [0, 0.1) is 13.8 Å². The van der Waals surface area contributed by atoms with Gasteiger partial charge in [-0.1, -0.05) is 36.4 Å². The first-order valence-corrected chi connectivity index (χ1v) is 11.9. The summed E-state index contributed by atoms with van der Waals surface area (Å²) in [6, 6.07) is 20.9. The van der Waals surface area contributed by atoms with E-state index in [1.807, 2.05) is 74.5 Å². The molecule has 0 saturated carbocycles. The van der Waals surface area contributed by atoms with Gasteiger partial charge in [-0.3, -0.25) is 4.79 Å². The molecule has 4 rings (SSSR count). The second-order valence-electron chi connectivity index (χ2n) is 8.83. The maximum absolute atomic E-state index is 13.2. The number of hydrogen-bond donors (Lipinski definition) is 3. The predicted molar refractivity (Wildman–Crippen MR) is 139 cm³/mol. The molecule has 1 saturated heterocycles. The van der Waals surface area contributed by atoms with E-state index in [9.17, 15) is 9.59 Å². The van der Waals surface area contributed by atoms with Crippen molar-refractivity contribution in [3.05, 3.63) is 89.0 Å². The van der Waals surface area contributed by atoms with Crippen molar-refractivity contribution in [3.8, 4) is 0 Å². The number of amides is 3. The van der Waals surface area contributed by atoms with Crippen molar-refractivity contribution in [2.75, 3.05) is 28.6 Å². The van der Waals surface area contributed by atoms with Gasteiger partial charge in [-0.25, -0.2) is 4.79 Å². The Morgan fingerprint density at radius 2 is 1.47 bits per heavy atom. The van der Waals surface area contributed by atoms with Crippen LogP contribution in [0.3, 0.4) is 0 Å². The Kier molecular flexibility index (Phi) is 7.48. The summed E-state index contributed by atoms with van der Waals surface area (Å²) in [7, 11) is 0. The van der Waals surface area contributed by atoms with Crippen LogP contribution in [0.2, 0.25) is 0 Å². The molecule has 6 nitrogen and oxygen atoms in total. The number of urea groups is 1. The number of anilines is 3. The van der Waals surface area contributed by atoms with Crippen molar-refractivity contribution in [3.63, 3.8) is 0 Å². The van der Waals surface area contributed by atoms with Crippen LogP contribution in [0.15, 0.2) is 66.7 Å². The van der Waals surface area contributed by atoms with Crippen LogP contribution in [0.1, 0.15) is 46.3 Å². The summed E-state index contributed by atoms with van der Waals surface area (Å²) in [5.41, 5.74) is 6.11. The largest absolute Gasteiger partial charge is 0.371 e. The zero-order valence-corrected chi connectivity index (χ0v) is 19.9. The van der Waals surface area contributed by atoms with E-state index >= 15 is 0 Å². The molecule has 3 aromatic rings. The van der Waals surface area contributed by atoms with Crippen LogP contribution >= 0.6 is 0 Å². The number of aryl methyl sites for hydroxylation is 2. The molecule has 0 atom stereocenters. The van der Waals surface area contributed by atoms with Crippen LogP contribution < -0.4 is 20.9 Å². The number of nitrogens with zero attached hydrogens (tertiary/aromatic N) is 1. The maximum Gasteiger partial charge on any atom is 0.323 e.